The van der Waals surface area contributed by atoms with Gasteiger partial charge in [-0.15, -0.1) is 4.68 Å². The molecular formula is C8H6F3N4O+. The van der Waals surface area contributed by atoms with E-state index in [1.165, 1.54) is 24.3 Å². The Labute approximate surface area is 87.1 Å². The van der Waals surface area contributed by atoms with Crippen LogP contribution in [-0.2, 0) is 6.18 Å². The molecule has 0 aliphatic carbocycles. The number of rotatable bonds is 1. The van der Waals surface area contributed by atoms with Crippen molar-refractivity contribution in [2.24, 2.45) is 0 Å². The molecule has 16 heavy (non-hydrogen) atoms. The zero-order chi connectivity index (χ0) is 11.8. The van der Waals surface area contributed by atoms with E-state index in [0.29, 0.717) is 4.68 Å². The Morgan fingerprint density at radius 3 is 2.38 bits per heavy atom. The molecule has 8 heteroatoms. The van der Waals surface area contributed by atoms with Crippen molar-refractivity contribution in [1.82, 2.24) is 15.5 Å². The van der Waals surface area contributed by atoms with Crippen LogP contribution in [0, 0.1) is 0 Å². The van der Waals surface area contributed by atoms with Crippen LogP contribution in [0.4, 0.5) is 13.2 Å². The van der Waals surface area contributed by atoms with Gasteiger partial charge < -0.3 is 5.11 Å². The number of hydrogen-bond donors (Lipinski definition) is 2. The highest BCUT2D eigenvalue weighted by Crippen LogP contribution is 2.24. The number of nitrogens with zero attached hydrogens (tertiary/aromatic N) is 3. The zero-order valence-corrected chi connectivity index (χ0v) is 7.73. The van der Waals surface area contributed by atoms with Crippen LogP contribution in [0.25, 0.3) is 5.69 Å². The Morgan fingerprint density at radius 1 is 1.19 bits per heavy atom. The van der Waals surface area contributed by atoms with Crippen molar-refractivity contribution in [3.05, 3.63) is 30.1 Å². The van der Waals surface area contributed by atoms with Crippen molar-refractivity contribution in [3.63, 3.8) is 0 Å². The minimum atomic E-state index is -4.59. The highest BCUT2D eigenvalue weighted by Gasteiger charge is 2.45. The van der Waals surface area contributed by atoms with Crippen molar-refractivity contribution in [1.29, 1.82) is 0 Å². The molecule has 0 amide bonds. The molecule has 0 saturated heterocycles. The number of benzene rings is 1. The van der Waals surface area contributed by atoms with Crippen LogP contribution < -0.4 is 4.68 Å². The molecule has 0 aliphatic rings. The Kier molecular flexibility index (Phi) is 2.26. The quantitative estimate of drug-likeness (QED) is 0.713. The molecule has 0 aliphatic heterocycles. The molecule has 0 bridgehead atoms. The molecule has 0 unspecified atom stereocenters. The summed E-state index contributed by atoms with van der Waals surface area (Å²) in [6, 6.07) is 5.15. The number of tetrazole rings is 1. The monoisotopic (exact) mass is 231 g/mol. The Morgan fingerprint density at radius 2 is 1.81 bits per heavy atom. The highest BCUT2D eigenvalue weighted by atomic mass is 19.4. The van der Waals surface area contributed by atoms with E-state index in [0.717, 1.165) is 0 Å². The fraction of sp³-hybridized carbons (Fsp3) is 0.125. The highest BCUT2D eigenvalue weighted by molar-refractivity contribution is 5.30. The van der Waals surface area contributed by atoms with Gasteiger partial charge in [0.1, 0.15) is 16.5 Å². The standard InChI is InChI=1S/C8H5F3N4O/c9-8(10,11)7-12-13-14-15(7)5-1-3-6(16)4-2-5/h1-4,16H/p+1. The molecule has 84 valence electrons. The fourth-order valence-corrected chi connectivity index (χ4v) is 1.17. The van der Waals surface area contributed by atoms with Crippen molar-refractivity contribution in [3.8, 4) is 11.4 Å². The second-order valence-corrected chi connectivity index (χ2v) is 2.97. The number of halogens is 3. The summed E-state index contributed by atoms with van der Waals surface area (Å²) in [4.78, 5) is 0. The minimum absolute atomic E-state index is 0.0367. The molecule has 1 aromatic carbocycles. The van der Waals surface area contributed by atoms with E-state index in [1.54, 1.807) is 0 Å². The summed E-state index contributed by atoms with van der Waals surface area (Å²) in [5.74, 6) is -1.19. The number of aromatic hydroxyl groups is 1. The van der Waals surface area contributed by atoms with Gasteiger partial charge in [-0.2, -0.15) is 13.2 Å². The number of alkyl halides is 3. The predicted molar refractivity (Wildman–Crippen MR) is 44.6 cm³/mol. The smallest absolute Gasteiger partial charge is 0.488 e. The molecule has 0 spiro atoms. The molecule has 0 atom stereocenters. The molecular weight excluding hydrogens is 225 g/mol. The SMILES string of the molecule is Oc1ccc(-[n+]2[nH]nnc2C(F)(F)F)cc1. The van der Waals surface area contributed by atoms with Crippen LogP contribution in [0.5, 0.6) is 5.75 Å². The maximum atomic E-state index is 12.5. The second-order valence-electron chi connectivity index (χ2n) is 2.97. The molecule has 2 aromatic rings. The summed E-state index contributed by atoms with van der Waals surface area (Å²) in [5.41, 5.74) is 0.176. The largest absolute Gasteiger partial charge is 0.508 e. The summed E-state index contributed by atoms with van der Waals surface area (Å²) in [7, 11) is 0. The van der Waals surface area contributed by atoms with E-state index < -0.39 is 12.0 Å². The predicted octanol–water partition coefficient (Wildman–Crippen LogP) is 0.806. The van der Waals surface area contributed by atoms with E-state index in [4.69, 9.17) is 5.11 Å². The van der Waals surface area contributed by atoms with E-state index in [2.05, 4.69) is 15.5 Å². The lowest BCUT2D eigenvalue weighted by molar-refractivity contribution is -0.680. The van der Waals surface area contributed by atoms with Gasteiger partial charge in [0.15, 0.2) is 5.21 Å². The average molecular weight is 231 g/mol. The molecule has 0 fully saturated rings. The Balaban J connectivity index is 2.49. The van der Waals surface area contributed by atoms with Crippen LogP contribution in [-0.4, -0.2) is 20.6 Å². The van der Waals surface area contributed by atoms with Crippen LogP contribution in [0.2, 0.25) is 0 Å². The van der Waals surface area contributed by atoms with Crippen molar-refractivity contribution in [2.75, 3.05) is 0 Å². The molecule has 2 N–H and O–H groups in total. The van der Waals surface area contributed by atoms with Crippen LogP contribution in [0.1, 0.15) is 5.82 Å². The van der Waals surface area contributed by atoms with Crippen LogP contribution in [0.3, 0.4) is 0 Å². The number of aromatic amines is 1. The van der Waals surface area contributed by atoms with E-state index >= 15 is 0 Å². The first-order chi connectivity index (χ1) is 7.48. The zero-order valence-electron chi connectivity index (χ0n) is 7.73. The third kappa shape index (κ3) is 1.81. The number of nitrogens with one attached hydrogen (secondary N) is 1. The number of hydrogen-bond acceptors (Lipinski definition) is 3. The number of phenolic OH excluding ortho intramolecular Hbond substituents is 1. The van der Waals surface area contributed by atoms with Gasteiger partial charge in [-0.3, -0.25) is 0 Å². The second kappa shape index (κ2) is 3.47. The Bertz CT molecular complexity index is 491. The van der Waals surface area contributed by atoms with E-state index in [-0.39, 0.29) is 11.4 Å². The molecule has 0 saturated carbocycles. The van der Waals surface area contributed by atoms with Crippen molar-refractivity contribution < 1.29 is 23.0 Å². The molecule has 1 heterocycles. The normalized spacial score (nSPS) is 11.7. The first-order valence-corrected chi connectivity index (χ1v) is 4.18. The summed E-state index contributed by atoms with van der Waals surface area (Å²) in [6.07, 6.45) is -4.59. The molecule has 2 rings (SSSR count). The molecule has 5 nitrogen and oxygen atoms in total. The lowest BCUT2D eigenvalue weighted by atomic mass is 10.3. The number of H-pyrrole nitrogens is 1. The van der Waals surface area contributed by atoms with Crippen LogP contribution in [0.15, 0.2) is 24.3 Å². The van der Waals surface area contributed by atoms with Gasteiger partial charge in [-0.1, -0.05) is 5.21 Å². The van der Waals surface area contributed by atoms with E-state index in [1.807, 2.05) is 0 Å². The average Bonchev–Trinajstić information content (AvgIpc) is 2.66. The first-order valence-electron chi connectivity index (χ1n) is 4.18. The third-order valence-electron chi connectivity index (χ3n) is 1.86. The van der Waals surface area contributed by atoms with Gasteiger partial charge in [-0.25, -0.2) is 0 Å². The lowest BCUT2D eigenvalue weighted by Crippen LogP contribution is -2.40. The number of aromatic nitrogens is 4. The third-order valence-corrected chi connectivity index (χ3v) is 1.86. The van der Waals surface area contributed by atoms with Gasteiger partial charge in [0.05, 0.1) is 0 Å². The molecule has 0 radical (unpaired) electrons. The first kappa shape index (κ1) is 10.4. The summed E-state index contributed by atoms with van der Waals surface area (Å²) in [5, 5.41) is 17.2. The van der Waals surface area contributed by atoms with Crippen molar-refractivity contribution in [2.45, 2.75) is 6.18 Å². The van der Waals surface area contributed by atoms with Crippen molar-refractivity contribution >= 4 is 0 Å². The van der Waals surface area contributed by atoms with Gasteiger partial charge in [-0.05, 0) is 24.3 Å². The van der Waals surface area contributed by atoms with Gasteiger partial charge in [0.25, 0.3) is 0 Å². The topological polar surface area (TPSA) is 65.7 Å². The number of phenols is 1. The summed E-state index contributed by atoms with van der Waals surface area (Å²) >= 11 is 0. The Hall–Kier alpha value is -2.12. The van der Waals surface area contributed by atoms with Gasteiger partial charge in [0, 0.05) is 0 Å². The maximum Gasteiger partial charge on any atom is 0.488 e. The van der Waals surface area contributed by atoms with Gasteiger partial charge >= 0.3 is 12.0 Å². The van der Waals surface area contributed by atoms with Gasteiger partial charge in [0.2, 0.25) is 0 Å². The summed E-state index contributed by atoms with van der Waals surface area (Å²) in [6.45, 7) is 0. The van der Waals surface area contributed by atoms with Crippen LogP contribution >= 0.6 is 0 Å². The summed E-state index contributed by atoms with van der Waals surface area (Å²) < 4.78 is 38.0. The fourth-order valence-electron chi connectivity index (χ4n) is 1.17. The minimum Gasteiger partial charge on any atom is -0.508 e. The maximum absolute atomic E-state index is 12.5. The lowest BCUT2D eigenvalue weighted by Gasteiger charge is -2.01. The van der Waals surface area contributed by atoms with E-state index in [9.17, 15) is 13.2 Å². The molecule has 1 aromatic heterocycles.